The zero-order valence-corrected chi connectivity index (χ0v) is 11.3. The lowest BCUT2D eigenvalue weighted by molar-refractivity contribution is 0.622. The van der Waals surface area contributed by atoms with Gasteiger partial charge in [-0.05, 0) is 24.1 Å². The molecule has 0 amide bonds. The molecule has 20 heavy (non-hydrogen) atoms. The van der Waals surface area contributed by atoms with Crippen LogP contribution in [0.2, 0.25) is 0 Å². The highest BCUT2D eigenvalue weighted by atomic mass is 15.4. The molecule has 6 nitrogen and oxygen atoms in total. The predicted octanol–water partition coefficient (Wildman–Crippen LogP) is 1.66. The topological polar surface area (TPSA) is 74.5 Å². The van der Waals surface area contributed by atoms with Crippen LogP contribution >= 0.6 is 0 Å². The second kappa shape index (κ2) is 5.16. The van der Waals surface area contributed by atoms with Gasteiger partial charge in [0.25, 0.3) is 0 Å². The van der Waals surface area contributed by atoms with Crippen LogP contribution in [-0.2, 0) is 13.0 Å². The summed E-state index contributed by atoms with van der Waals surface area (Å²) in [5, 5.41) is 8.00. The molecule has 0 bridgehead atoms. The van der Waals surface area contributed by atoms with Crippen LogP contribution in [0.15, 0.2) is 43.0 Å². The van der Waals surface area contributed by atoms with Gasteiger partial charge < -0.3 is 10.3 Å². The van der Waals surface area contributed by atoms with Gasteiger partial charge in [-0.1, -0.05) is 24.3 Å². The number of aromatic nitrogens is 5. The smallest absolute Gasteiger partial charge is 0.169 e. The van der Waals surface area contributed by atoms with E-state index >= 15 is 0 Å². The molecule has 0 aliphatic rings. The first kappa shape index (κ1) is 12.4. The molecule has 2 heterocycles. The van der Waals surface area contributed by atoms with Crippen LogP contribution in [-0.4, -0.2) is 24.5 Å². The Hall–Kier alpha value is -2.63. The highest BCUT2D eigenvalue weighted by molar-refractivity contribution is 5.36. The average molecular weight is 268 g/mol. The van der Waals surface area contributed by atoms with Crippen molar-refractivity contribution in [2.24, 2.45) is 0 Å². The Labute approximate surface area is 116 Å². The maximum absolute atomic E-state index is 5.79. The summed E-state index contributed by atoms with van der Waals surface area (Å²) < 4.78 is 3.82. The quantitative estimate of drug-likeness (QED) is 0.780. The van der Waals surface area contributed by atoms with Gasteiger partial charge in [0.1, 0.15) is 0 Å². The summed E-state index contributed by atoms with van der Waals surface area (Å²) in [7, 11) is 0. The highest BCUT2D eigenvalue weighted by Crippen LogP contribution is 2.13. The van der Waals surface area contributed by atoms with Crippen LogP contribution in [0.25, 0.3) is 5.69 Å². The van der Waals surface area contributed by atoms with Crippen LogP contribution in [0.3, 0.4) is 0 Å². The minimum atomic E-state index is 0.516. The van der Waals surface area contributed by atoms with Crippen LogP contribution in [0.1, 0.15) is 18.2 Å². The van der Waals surface area contributed by atoms with Gasteiger partial charge >= 0.3 is 0 Å². The molecule has 0 aliphatic heterocycles. The summed E-state index contributed by atoms with van der Waals surface area (Å²) in [4.78, 5) is 4.04. The van der Waals surface area contributed by atoms with Gasteiger partial charge in [0.05, 0.1) is 18.6 Å². The number of nitrogen functional groups attached to an aromatic ring is 1. The van der Waals surface area contributed by atoms with Crippen molar-refractivity contribution in [2.45, 2.75) is 19.9 Å². The Morgan fingerprint density at radius 2 is 2.00 bits per heavy atom. The van der Waals surface area contributed by atoms with Crippen molar-refractivity contribution >= 4 is 5.82 Å². The third-order valence-corrected chi connectivity index (χ3v) is 3.27. The van der Waals surface area contributed by atoms with E-state index in [9.17, 15) is 0 Å². The SMILES string of the molecule is CCc1c(N)nnn1Cc1ccc(-n2ccnc2)cc1. The molecule has 102 valence electrons. The summed E-state index contributed by atoms with van der Waals surface area (Å²) >= 11 is 0. The van der Waals surface area contributed by atoms with Gasteiger partial charge in [0.15, 0.2) is 5.82 Å². The lowest BCUT2D eigenvalue weighted by atomic mass is 10.2. The minimum Gasteiger partial charge on any atom is -0.381 e. The second-order valence-electron chi connectivity index (χ2n) is 4.57. The van der Waals surface area contributed by atoms with Gasteiger partial charge in [-0.25, -0.2) is 9.67 Å². The Morgan fingerprint density at radius 1 is 1.20 bits per heavy atom. The lowest BCUT2D eigenvalue weighted by Crippen LogP contribution is -2.06. The molecule has 1 aromatic carbocycles. The predicted molar refractivity (Wildman–Crippen MR) is 76.5 cm³/mol. The molecule has 0 atom stereocenters. The molecule has 3 aromatic rings. The van der Waals surface area contributed by atoms with Gasteiger partial charge in [-0.15, -0.1) is 5.10 Å². The molecule has 3 rings (SSSR count). The molecule has 2 aromatic heterocycles. The van der Waals surface area contributed by atoms with E-state index in [0.29, 0.717) is 12.4 Å². The van der Waals surface area contributed by atoms with E-state index in [0.717, 1.165) is 23.4 Å². The van der Waals surface area contributed by atoms with E-state index in [-0.39, 0.29) is 0 Å². The number of nitrogens with two attached hydrogens (primary N) is 1. The minimum absolute atomic E-state index is 0.516. The largest absolute Gasteiger partial charge is 0.381 e. The van der Waals surface area contributed by atoms with Crippen molar-refractivity contribution < 1.29 is 0 Å². The van der Waals surface area contributed by atoms with E-state index in [4.69, 9.17) is 5.73 Å². The Balaban J connectivity index is 1.81. The van der Waals surface area contributed by atoms with Crippen LogP contribution in [0, 0.1) is 0 Å². The molecular weight excluding hydrogens is 252 g/mol. The molecule has 0 unspecified atom stereocenters. The van der Waals surface area contributed by atoms with E-state index in [2.05, 4.69) is 39.6 Å². The summed E-state index contributed by atoms with van der Waals surface area (Å²) in [5.41, 5.74) is 9.01. The van der Waals surface area contributed by atoms with Gasteiger partial charge in [-0.3, -0.25) is 0 Å². The zero-order valence-electron chi connectivity index (χ0n) is 11.3. The normalized spacial score (nSPS) is 10.8. The molecular formula is C14H16N6. The first-order valence-electron chi connectivity index (χ1n) is 6.53. The third kappa shape index (κ3) is 2.27. The third-order valence-electron chi connectivity index (χ3n) is 3.27. The van der Waals surface area contributed by atoms with Crippen molar-refractivity contribution in [1.82, 2.24) is 24.5 Å². The Bertz CT molecular complexity index is 681. The summed E-state index contributed by atoms with van der Waals surface area (Å²) in [6, 6.07) is 8.27. The molecule has 0 saturated carbocycles. The summed E-state index contributed by atoms with van der Waals surface area (Å²) in [5.74, 6) is 0.516. The van der Waals surface area contributed by atoms with Crippen molar-refractivity contribution in [3.63, 3.8) is 0 Å². The number of hydrogen-bond acceptors (Lipinski definition) is 4. The Kier molecular flexibility index (Phi) is 3.20. The number of rotatable bonds is 4. The molecule has 6 heteroatoms. The van der Waals surface area contributed by atoms with Gasteiger partial charge in [-0.2, -0.15) is 0 Å². The molecule has 0 spiro atoms. The van der Waals surface area contributed by atoms with Crippen LogP contribution < -0.4 is 5.73 Å². The van der Waals surface area contributed by atoms with Crippen molar-refractivity contribution in [3.8, 4) is 5.69 Å². The van der Waals surface area contributed by atoms with E-state index in [1.165, 1.54) is 0 Å². The lowest BCUT2D eigenvalue weighted by Gasteiger charge is -2.07. The van der Waals surface area contributed by atoms with Crippen molar-refractivity contribution in [1.29, 1.82) is 0 Å². The van der Waals surface area contributed by atoms with E-state index in [1.54, 1.807) is 12.5 Å². The fraction of sp³-hybridized carbons (Fsp3) is 0.214. The summed E-state index contributed by atoms with van der Waals surface area (Å²) in [6.45, 7) is 2.73. The van der Waals surface area contributed by atoms with Crippen molar-refractivity contribution in [3.05, 3.63) is 54.2 Å². The molecule has 2 N–H and O–H groups in total. The number of anilines is 1. The number of hydrogen-bond donors (Lipinski definition) is 1. The fourth-order valence-electron chi connectivity index (χ4n) is 2.20. The van der Waals surface area contributed by atoms with E-state index in [1.807, 2.05) is 22.4 Å². The Morgan fingerprint density at radius 3 is 2.65 bits per heavy atom. The van der Waals surface area contributed by atoms with Gasteiger partial charge in [0.2, 0.25) is 0 Å². The monoisotopic (exact) mass is 268 g/mol. The standard InChI is InChI=1S/C14H16N6/c1-2-13-14(15)17-18-20(13)9-11-3-5-12(6-4-11)19-8-7-16-10-19/h3-8,10H,2,9,15H2,1H3. The zero-order chi connectivity index (χ0) is 13.9. The second-order valence-corrected chi connectivity index (χ2v) is 4.57. The number of nitrogens with zero attached hydrogens (tertiary/aromatic N) is 5. The van der Waals surface area contributed by atoms with Gasteiger partial charge in [0, 0.05) is 18.1 Å². The van der Waals surface area contributed by atoms with Crippen LogP contribution in [0.5, 0.6) is 0 Å². The first-order chi connectivity index (χ1) is 9.78. The molecule has 0 saturated heterocycles. The molecule has 0 aliphatic carbocycles. The van der Waals surface area contributed by atoms with Crippen molar-refractivity contribution in [2.75, 3.05) is 5.73 Å². The number of imidazole rings is 1. The highest BCUT2D eigenvalue weighted by Gasteiger charge is 2.08. The fourth-order valence-corrected chi connectivity index (χ4v) is 2.20. The number of benzene rings is 1. The molecule has 0 radical (unpaired) electrons. The first-order valence-corrected chi connectivity index (χ1v) is 6.53. The van der Waals surface area contributed by atoms with Crippen LogP contribution in [0.4, 0.5) is 5.82 Å². The van der Waals surface area contributed by atoms with E-state index < -0.39 is 0 Å². The average Bonchev–Trinajstić information content (AvgIpc) is 3.10. The summed E-state index contributed by atoms with van der Waals surface area (Å²) in [6.07, 6.45) is 6.29. The maximum Gasteiger partial charge on any atom is 0.169 e. The molecule has 0 fully saturated rings. The maximum atomic E-state index is 5.79.